The van der Waals surface area contributed by atoms with Crippen molar-refractivity contribution in [2.45, 2.75) is 13.5 Å². The fraction of sp³-hybridized carbons (Fsp3) is 0.375. The Morgan fingerprint density at radius 1 is 1.79 bits per heavy atom. The standard InChI is InChI=1S/C8H12N6/c1-6-7(14-5-13-6)3-11-8(10-2)12-4-9/h5H,3H2,1-2H3,(H,13,14)(H2,10,11,12). The number of aryl methyl sites for hydroxylation is 1. The summed E-state index contributed by atoms with van der Waals surface area (Å²) >= 11 is 0. The van der Waals surface area contributed by atoms with Crippen molar-refractivity contribution >= 4 is 5.96 Å². The number of hydrogen-bond acceptors (Lipinski definition) is 3. The molecule has 6 heteroatoms. The highest BCUT2D eigenvalue weighted by atomic mass is 15.2. The number of nitrogens with zero attached hydrogens (tertiary/aromatic N) is 3. The number of aromatic amines is 1. The molecule has 1 aromatic rings. The van der Waals surface area contributed by atoms with E-state index in [9.17, 15) is 0 Å². The molecule has 3 N–H and O–H groups in total. The summed E-state index contributed by atoms with van der Waals surface area (Å²) in [6.07, 6.45) is 3.43. The molecule has 0 fully saturated rings. The van der Waals surface area contributed by atoms with E-state index in [2.05, 4.69) is 25.6 Å². The molecule has 1 rings (SSSR count). The number of nitrogens with one attached hydrogen (secondary N) is 3. The molecule has 0 spiro atoms. The van der Waals surface area contributed by atoms with Crippen LogP contribution in [-0.2, 0) is 6.54 Å². The first-order chi connectivity index (χ1) is 6.77. The van der Waals surface area contributed by atoms with Gasteiger partial charge in [-0.15, -0.1) is 0 Å². The predicted octanol–water partition coefficient (Wildman–Crippen LogP) is -0.136. The van der Waals surface area contributed by atoms with Crippen LogP contribution < -0.4 is 10.6 Å². The molecule has 0 aromatic carbocycles. The SMILES string of the molecule is CN=C(NC#N)NCc1[nH]cnc1C. The Morgan fingerprint density at radius 2 is 2.57 bits per heavy atom. The van der Waals surface area contributed by atoms with Crippen LogP contribution in [0.2, 0.25) is 0 Å². The van der Waals surface area contributed by atoms with E-state index in [-0.39, 0.29) is 0 Å². The van der Waals surface area contributed by atoms with E-state index in [1.165, 1.54) is 0 Å². The van der Waals surface area contributed by atoms with Crippen molar-refractivity contribution < 1.29 is 0 Å². The molecule has 0 saturated carbocycles. The average Bonchev–Trinajstić information content (AvgIpc) is 2.59. The highest BCUT2D eigenvalue weighted by molar-refractivity contribution is 5.80. The van der Waals surface area contributed by atoms with E-state index >= 15 is 0 Å². The Morgan fingerprint density at radius 3 is 3.07 bits per heavy atom. The number of imidazole rings is 1. The van der Waals surface area contributed by atoms with Gasteiger partial charge in [0.15, 0.2) is 6.19 Å². The van der Waals surface area contributed by atoms with Gasteiger partial charge in [-0.1, -0.05) is 0 Å². The van der Waals surface area contributed by atoms with Gasteiger partial charge in [0.2, 0.25) is 5.96 Å². The maximum Gasteiger partial charge on any atom is 0.204 e. The zero-order valence-corrected chi connectivity index (χ0v) is 8.13. The Hall–Kier alpha value is -2.03. The molecule has 0 amide bonds. The van der Waals surface area contributed by atoms with Crippen LogP contribution >= 0.6 is 0 Å². The number of aromatic nitrogens is 2. The minimum atomic E-state index is 0.446. The maximum atomic E-state index is 8.38. The van der Waals surface area contributed by atoms with Gasteiger partial charge in [-0.3, -0.25) is 10.3 Å². The van der Waals surface area contributed by atoms with Gasteiger partial charge in [0.1, 0.15) is 0 Å². The molecule has 1 aromatic heterocycles. The third-order valence-electron chi connectivity index (χ3n) is 1.76. The first kappa shape index (κ1) is 10.1. The third-order valence-corrected chi connectivity index (χ3v) is 1.76. The first-order valence-electron chi connectivity index (χ1n) is 4.12. The Balaban J connectivity index is 2.49. The van der Waals surface area contributed by atoms with Crippen LogP contribution in [0.25, 0.3) is 0 Å². The largest absolute Gasteiger partial charge is 0.350 e. The summed E-state index contributed by atoms with van der Waals surface area (Å²) in [4.78, 5) is 10.9. The zero-order valence-electron chi connectivity index (χ0n) is 8.13. The molecule has 0 aliphatic rings. The number of aliphatic imine (C=N–C) groups is 1. The lowest BCUT2D eigenvalue weighted by atomic mass is 10.3. The number of rotatable bonds is 2. The van der Waals surface area contributed by atoms with Gasteiger partial charge in [0, 0.05) is 7.05 Å². The van der Waals surface area contributed by atoms with Crippen LogP contribution in [0.3, 0.4) is 0 Å². The van der Waals surface area contributed by atoms with Crippen molar-refractivity contribution in [3.63, 3.8) is 0 Å². The summed E-state index contributed by atoms with van der Waals surface area (Å²) in [6.45, 7) is 2.47. The Bertz CT molecular complexity index is 358. The zero-order chi connectivity index (χ0) is 10.4. The maximum absolute atomic E-state index is 8.38. The van der Waals surface area contributed by atoms with Crippen molar-refractivity contribution in [2.24, 2.45) is 4.99 Å². The molecule has 0 unspecified atom stereocenters. The fourth-order valence-corrected chi connectivity index (χ4v) is 0.973. The van der Waals surface area contributed by atoms with E-state index in [1.54, 1.807) is 19.6 Å². The highest BCUT2D eigenvalue weighted by Gasteiger charge is 2.01. The summed E-state index contributed by atoms with van der Waals surface area (Å²) in [7, 11) is 1.60. The molecule has 1 heterocycles. The van der Waals surface area contributed by atoms with Gasteiger partial charge in [-0.25, -0.2) is 4.98 Å². The molecular weight excluding hydrogens is 180 g/mol. The summed E-state index contributed by atoms with van der Waals surface area (Å²) in [5, 5.41) is 13.8. The lowest BCUT2D eigenvalue weighted by Crippen LogP contribution is -2.34. The van der Waals surface area contributed by atoms with Crippen LogP contribution in [0.5, 0.6) is 0 Å². The van der Waals surface area contributed by atoms with E-state index in [4.69, 9.17) is 5.26 Å². The van der Waals surface area contributed by atoms with Gasteiger partial charge < -0.3 is 10.3 Å². The topological polar surface area (TPSA) is 88.9 Å². The second-order valence-corrected chi connectivity index (χ2v) is 2.63. The van der Waals surface area contributed by atoms with E-state index in [0.29, 0.717) is 12.5 Å². The minimum absolute atomic E-state index is 0.446. The molecular formula is C8H12N6. The van der Waals surface area contributed by atoms with Gasteiger partial charge in [0.25, 0.3) is 0 Å². The van der Waals surface area contributed by atoms with Crippen molar-refractivity contribution in [2.75, 3.05) is 7.05 Å². The van der Waals surface area contributed by atoms with E-state index in [0.717, 1.165) is 11.4 Å². The molecule has 14 heavy (non-hydrogen) atoms. The van der Waals surface area contributed by atoms with Crippen LogP contribution in [0.1, 0.15) is 11.4 Å². The molecule has 0 radical (unpaired) electrons. The second-order valence-electron chi connectivity index (χ2n) is 2.63. The van der Waals surface area contributed by atoms with Gasteiger partial charge in [-0.05, 0) is 6.92 Å². The average molecular weight is 192 g/mol. The molecule has 0 saturated heterocycles. The van der Waals surface area contributed by atoms with Crippen LogP contribution in [0.4, 0.5) is 0 Å². The fourth-order valence-electron chi connectivity index (χ4n) is 0.973. The van der Waals surface area contributed by atoms with Crippen LogP contribution in [0.15, 0.2) is 11.3 Å². The molecule has 0 bridgehead atoms. The molecule has 74 valence electrons. The van der Waals surface area contributed by atoms with Crippen molar-refractivity contribution in [3.05, 3.63) is 17.7 Å². The predicted molar refractivity (Wildman–Crippen MR) is 52.3 cm³/mol. The summed E-state index contributed by atoms with van der Waals surface area (Å²) in [5.74, 6) is 0.446. The quantitative estimate of drug-likeness (QED) is 0.263. The number of H-pyrrole nitrogens is 1. The van der Waals surface area contributed by atoms with E-state index in [1.807, 2.05) is 6.92 Å². The Kier molecular flexibility index (Phi) is 3.49. The molecule has 6 nitrogen and oxygen atoms in total. The van der Waals surface area contributed by atoms with Crippen molar-refractivity contribution in [1.82, 2.24) is 20.6 Å². The monoisotopic (exact) mass is 192 g/mol. The number of guanidine groups is 1. The molecule has 0 aliphatic heterocycles. The van der Waals surface area contributed by atoms with Crippen molar-refractivity contribution in [3.8, 4) is 6.19 Å². The minimum Gasteiger partial charge on any atom is -0.350 e. The normalized spacial score (nSPS) is 10.8. The summed E-state index contributed by atoms with van der Waals surface area (Å²) in [6, 6.07) is 0. The van der Waals surface area contributed by atoms with Crippen LogP contribution in [0, 0.1) is 18.4 Å². The Labute approximate surface area is 82.1 Å². The molecule has 0 atom stereocenters. The highest BCUT2D eigenvalue weighted by Crippen LogP contribution is 1.98. The van der Waals surface area contributed by atoms with Crippen molar-refractivity contribution in [1.29, 1.82) is 5.26 Å². The van der Waals surface area contributed by atoms with Gasteiger partial charge in [-0.2, -0.15) is 5.26 Å². The number of nitriles is 1. The third kappa shape index (κ3) is 2.48. The smallest absolute Gasteiger partial charge is 0.204 e. The lowest BCUT2D eigenvalue weighted by molar-refractivity contribution is 0.847. The van der Waals surface area contributed by atoms with Gasteiger partial charge >= 0.3 is 0 Å². The van der Waals surface area contributed by atoms with Gasteiger partial charge in [0.05, 0.1) is 24.3 Å². The summed E-state index contributed by atoms with van der Waals surface area (Å²) in [5.41, 5.74) is 1.91. The first-order valence-corrected chi connectivity index (χ1v) is 4.12. The van der Waals surface area contributed by atoms with Crippen LogP contribution in [-0.4, -0.2) is 23.0 Å². The number of hydrogen-bond donors (Lipinski definition) is 3. The summed E-state index contributed by atoms with van der Waals surface area (Å²) < 4.78 is 0. The second kappa shape index (κ2) is 4.87. The lowest BCUT2D eigenvalue weighted by Gasteiger charge is -2.05. The molecule has 0 aliphatic carbocycles. The van der Waals surface area contributed by atoms with E-state index < -0.39 is 0 Å².